The van der Waals surface area contributed by atoms with E-state index in [1.165, 1.54) is 9.79 Å². The molecule has 0 spiro atoms. The molecule has 2 nitrogen and oxygen atoms in total. The van der Waals surface area contributed by atoms with Crippen LogP contribution in [0.3, 0.4) is 0 Å². The monoisotopic (exact) mass is 336 g/mol. The molecule has 0 bridgehead atoms. The second kappa shape index (κ2) is 14.2. The molecule has 20 heavy (non-hydrogen) atoms. The van der Waals surface area contributed by atoms with Gasteiger partial charge in [-0.1, -0.05) is 58.0 Å². The van der Waals surface area contributed by atoms with Crippen molar-refractivity contribution in [2.24, 2.45) is 0 Å². The van der Waals surface area contributed by atoms with Gasteiger partial charge in [-0.15, -0.1) is 0 Å². The van der Waals surface area contributed by atoms with Crippen molar-refractivity contribution in [2.45, 2.75) is 9.79 Å². The van der Waals surface area contributed by atoms with E-state index in [-0.39, 0.29) is 0 Å². The standard InChI is InChI=1S/C12H10S2.2CHNS/c1-3-7-11(8-4-1)13-14-12-9-5-2-6-10-12;2*2-1-3/h1-10H;2*2H. The van der Waals surface area contributed by atoms with Gasteiger partial charge in [0.2, 0.25) is 0 Å². The Labute approximate surface area is 137 Å². The summed E-state index contributed by atoms with van der Waals surface area (Å²) < 4.78 is 0. The summed E-state index contributed by atoms with van der Waals surface area (Å²) >= 11 is 7.62. The zero-order valence-corrected chi connectivity index (χ0v) is 13.7. The van der Waals surface area contributed by atoms with Crippen LogP contribution in [0, 0.1) is 10.8 Å². The molecule has 0 aliphatic heterocycles. The third-order valence-corrected chi connectivity index (χ3v) is 4.14. The van der Waals surface area contributed by atoms with Crippen LogP contribution in [-0.2, 0) is 0 Å². The maximum atomic E-state index is 5.77. The first-order chi connectivity index (χ1) is 9.78. The molecule has 2 rings (SSSR count). The number of isothiocyanates is 2. The van der Waals surface area contributed by atoms with E-state index in [1.54, 1.807) is 31.9 Å². The number of rotatable bonds is 3. The summed E-state index contributed by atoms with van der Waals surface area (Å²) in [5.41, 5.74) is 0. The van der Waals surface area contributed by atoms with Crippen molar-refractivity contribution in [3.63, 3.8) is 0 Å². The van der Waals surface area contributed by atoms with Gasteiger partial charge in [-0.05, 0) is 48.7 Å². The molecule has 0 amide bonds. The predicted molar refractivity (Wildman–Crippen MR) is 95.2 cm³/mol. The first kappa shape index (κ1) is 18.7. The lowest BCUT2D eigenvalue weighted by Gasteiger charge is -1.99. The maximum absolute atomic E-state index is 5.77. The van der Waals surface area contributed by atoms with Crippen molar-refractivity contribution < 1.29 is 0 Å². The molecule has 0 radical (unpaired) electrons. The Kier molecular flexibility index (Phi) is 13.3. The molecule has 0 heterocycles. The van der Waals surface area contributed by atoms with Crippen molar-refractivity contribution in [3.8, 4) is 0 Å². The van der Waals surface area contributed by atoms with Gasteiger partial charge in [0.05, 0.1) is 10.3 Å². The number of nitrogens with one attached hydrogen (secondary N) is 2. The molecule has 2 aromatic rings. The Balaban J connectivity index is 0.000000520. The summed E-state index contributed by atoms with van der Waals surface area (Å²) in [4.78, 5) is 2.59. The van der Waals surface area contributed by atoms with Crippen LogP contribution in [0.2, 0.25) is 0 Å². The van der Waals surface area contributed by atoms with Gasteiger partial charge in [0.1, 0.15) is 0 Å². The molecule has 0 unspecified atom stereocenters. The summed E-state index contributed by atoms with van der Waals surface area (Å²) in [6.07, 6.45) is 0. The first-order valence-electron chi connectivity index (χ1n) is 5.30. The Morgan fingerprint density at radius 3 is 1.15 bits per heavy atom. The van der Waals surface area contributed by atoms with E-state index in [9.17, 15) is 0 Å². The van der Waals surface area contributed by atoms with Crippen molar-refractivity contribution in [2.75, 3.05) is 0 Å². The second-order valence-electron chi connectivity index (χ2n) is 3.00. The van der Waals surface area contributed by atoms with Gasteiger partial charge in [0.25, 0.3) is 0 Å². The van der Waals surface area contributed by atoms with Gasteiger partial charge in [-0.25, -0.2) is 10.8 Å². The predicted octanol–water partition coefficient (Wildman–Crippen LogP) is 5.82. The van der Waals surface area contributed by atoms with Gasteiger partial charge in [-0.3, -0.25) is 0 Å². The fraction of sp³-hybridized carbons (Fsp3) is 0. The van der Waals surface area contributed by atoms with Gasteiger partial charge >= 0.3 is 0 Å². The van der Waals surface area contributed by atoms with Gasteiger partial charge in [0, 0.05) is 9.79 Å². The lowest BCUT2D eigenvalue weighted by atomic mass is 10.4. The summed E-state index contributed by atoms with van der Waals surface area (Å²) in [6.45, 7) is 0. The number of thiocarbonyl (C=S) groups is 2. The van der Waals surface area contributed by atoms with E-state index >= 15 is 0 Å². The van der Waals surface area contributed by atoms with Crippen LogP contribution >= 0.6 is 46.0 Å². The van der Waals surface area contributed by atoms with Gasteiger partial charge < -0.3 is 0 Å². The molecule has 0 aromatic heterocycles. The molecular weight excluding hydrogens is 324 g/mol. The first-order valence-corrected chi connectivity index (χ1v) is 8.27. The molecule has 0 saturated carbocycles. The molecular formula is C14H12N2S4. The van der Waals surface area contributed by atoms with E-state index in [0.717, 1.165) is 0 Å². The largest absolute Gasteiger partial charge is 0.248 e. The van der Waals surface area contributed by atoms with Crippen LogP contribution in [0.25, 0.3) is 0 Å². The highest BCUT2D eigenvalue weighted by molar-refractivity contribution is 8.76. The summed E-state index contributed by atoms with van der Waals surface area (Å²) in [7, 11) is 3.58. The minimum atomic E-state index is 1.29. The number of benzene rings is 2. The Bertz CT molecular complexity index is 480. The highest BCUT2D eigenvalue weighted by Gasteiger charge is 1.94. The van der Waals surface area contributed by atoms with Crippen LogP contribution in [0.5, 0.6) is 0 Å². The van der Waals surface area contributed by atoms with E-state index in [0.29, 0.717) is 0 Å². The summed E-state index contributed by atoms with van der Waals surface area (Å²) in [6, 6.07) is 20.8. The second-order valence-corrected chi connectivity index (χ2v) is 5.68. The molecule has 6 heteroatoms. The Hall–Kier alpha value is -1.26. The quantitative estimate of drug-likeness (QED) is 0.421. The molecule has 102 valence electrons. The Morgan fingerprint density at radius 2 is 0.900 bits per heavy atom. The molecule has 0 aliphatic carbocycles. The highest BCUT2D eigenvalue weighted by atomic mass is 33.1. The highest BCUT2D eigenvalue weighted by Crippen LogP contribution is 2.36. The average molecular weight is 337 g/mol. The number of hydrogen-bond donors (Lipinski definition) is 2. The number of hydrogen-bond acceptors (Lipinski definition) is 6. The van der Waals surface area contributed by atoms with Crippen LogP contribution in [-0.4, -0.2) is 10.3 Å². The van der Waals surface area contributed by atoms with Crippen molar-refractivity contribution in [3.05, 3.63) is 60.7 Å². The minimum absolute atomic E-state index is 1.29. The third kappa shape index (κ3) is 10.6. The molecule has 0 fully saturated rings. The molecule has 0 atom stereocenters. The van der Waals surface area contributed by atoms with Crippen molar-refractivity contribution in [1.29, 1.82) is 10.8 Å². The van der Waals surface area contributed by atoms with E-state index in [2.05, 4.69) is 73.0 Å². The van der Waals surface area contributed by atoms with Crippen LogP contribution < -0.4 is 0 Å². The third-order valence-electron chi connectivity index (χ3n) is 1.72. The SMILES string of the molecule is N=C=S.N=C=S.c1ccc(SSc2ccccc2)cc1. The Morgan fingerprint density at radius 1 is 0.650 bits per heavy atom. The minimum Gasteiger partial charge on any atom is -0.248 e. The van der Waals surface area contributed by atoms with Crippen molar-refractivity contribution >= 4 is 56.3 Å². The fourth-order valence-corrected chi connectivity index (χ4v) is 3.02. The maximum Gasteiger partial charge on any atom is 0.0554 e. The molecule has 0 saturated heterocycles. The van der Waals surface area contributed by atoms with Gasteiger partial charge in [0.15, 0.2) is 0 Å². The van der Waals surface area contributed by atoms with Crippen molar-refractivity contribution in [1.82, 2.24) is 0 Å². The topological polar surface area (TPSA) is 47.7 Å². The fourth-order valence-electron chi connectivity index (χ4n) is 1.05. The lowest BCUT2D eigenvalue weighted by molar-refractivity contribution is 1.47. The van der Waals surface area contributed by atoms with Crippen LogP contribution in [0.1, 0.15) is 0 Å². The van der Waals surface area contributed by atoms with E-state index in [1.807, 2.05) is 12.1 Å². The molecule has 2 aromatic carbocycles. The lowest BCUT2D eigenvalue weighted by Crippen LogP contribution is -1.67. The van der Waals surface area contributed by atoms with Gasteiger partial charge in [-0.2, -0.15) is 0 Å². The molecule has 2 N–H and O–H groups in total. The zero-order chi connectivity index (χ0) is 15.1. The average Bonchev–Trinajstić information content (AvgIpc) is 2.49. The summed E-state index contributed by atoms with van der Waals surface area (Å²) in [5, 5.41) is 14.7. The molecule has 0 aliphatic rings. The van der Waals surface area contributed by atoms with E-state index in [4.69, 9.17) is 10.8 Å². The smallest absolute Gasteiger partial charge is 0.0554 e. The van der Waals surface area contributed by atoms with Crippen LogP contribution in [0.4, 0.5) is 0 Å². The van der Waals surface area contributed by atoms with Crippen LogP contribution in [0.15, 0.2) is 70.5 Å². The normalized spacial score (nSPS) is 7.80. The summed E-state index contributed by atoms with van der Waals surface area (Å²) in [5.74, 6) is 0. The van der Waals surface area contributed by atoms with E-state index < -0.39 is 0 Å². The zero-order valence-electron chi connectivity index (χ0n) is 10.4.